The standard InChI is InChI=1S/C15H17NO3S/c1-11-5-6-13(14(8-11)18-2)19-10-15(17)16-9-12-4-3-7-20-12/h3-8H,9-10H2,1-2H3,(H,16,17). The van der Waals surface area contributed by atoms with Gasteiger partial charge in [-0.15, -0.1) is 11.3 Å². The van der Waals surface area contributed by atoms with E-state index in [4.69, 9.17) is 9.47 Å². The highest BCUT2D eigenvalue weighted by Gasteiger charge is 2.07. The van der Waals surface area contributed by atoms with Gasteiger partial charge < -0.3 is 14.8 Å². The summed E-state index contributed by atoms with van der Waals surface area (Å²) < 4.78 is 10.7. The lowest BCUT2D eigenvalue weighted by atomic mass is 10.2. The second kappa shape index (κ2) is 6.96. The molecule has 0 saturated heterocycles. The van der Waals surface area contributed by atoms with Crippen LogP contribution in [0.15, 0.2) is 35.7 Å². The molecule has 0 aliphatic rings. The van der Waals surface area contributed by atoms with Crippen molar-refractivity contribution >= 4 is 17.2 Å². The van der Waals surface area contributed by atoms with E-state index in [1.807, 2.05) is 36.6 Å². The van der Waals surface area contributed by atoms with Gasteiger partial charge in [0.05, 0.1) is 13.7 Å². The third kappa shape index (κ3) is 3.99. The van der Waals surface area contributed by atoms with Gasteiger partial charge in [-0.3, -0.25) is 4.79 Å². The monoisotopic (exact) mass is 291 g/mol. The summed E-state index contributed by atoms with van der Waals surface area (Å²) in [5.74, 6) is 1.06. The van der Waals surface area contributed by atoms with E-state index < -0.39 is 0 Å². The van der Waals surface area contributed by atoms with Crippen LogP contribution in [0.1, 0.15) is 10.4 Å². The van der Waals surface area contributed by atoms with E-state index >= 15 is 0 Å². The maximum atomic E-state index is 11.7. The number of thiophene rings is 1. The predicted octanol–water partition coefficient (Wildman–Crippen LogP) is 2.76. The zero-order valence-electron chi connectivity index (χ0n) is 11.5. The van der Waals surface area contributed by atoms with Crippen molar-refractivity contribution in [2.75, 3.05) is 13.7 Å². The highest BCUT2D eigenvalue weighted by atomic mass is 32.1. The molecule has 0 aliphatic carbocycles. The summed E-state index contributed by atoms with van der Waals surface area (Å²) in [6, 6.07) is 9.54. The molecule has 4 nitrogen and oxygen atoms in total. The zero-order chi connectivity index (χ0) is 14.4. The Morgan fingerprint density at radius 3 is 2.85 bits per heavy atom. The smallest absolute Gasteiger partial charge is 0.258 e. The lowest BCUT2D eigenvalue weighted by Gasteiger charge is -2.11. The van der Waals surface area contributed by atoms with Crippen LogP contribution in [0.3, 0.4) is 0 Å². The fourth-order valence-electron chi connectivity index (χ4n) is 1.69. The van der Waals surface area contributed by atoms with Gasteiger partial charge in [0.15, 0.2) is 18.1 Å². The molecule has 20 heavy (non-hydrogen) atoms. The number of aryl methyl sites for hydroxylation is 1. The van der Waals surface area contributed by atoms with E-state index in [-0.39, 0.29) is 12.5 Å². The number of rotatable bonds is 6. The van der Waals surface area contributed by atoms with Crippen LogP contribution >= 0.6 is 11.3 Å². The SMILES string of the molecule is COc1cc(C)ccc1OCC(=O)NCc1cccs1. The van der Waals surface area contributed by atoms with Crippen molar-refractivity contribution in [1.29, 1.82) is 0 Å². The first-order valence-electron chi connectivity index (χ1n) is 6.25. The predicted molar refractivity (Wildman–Crippen MR) is 79.4 cm³/mol. The molecule has 1 aromatic heterocycles. The quantitative estimate of drug-likeness (QED) is 0.890. The number of ether oxygens (including phenoxy) is 2. The number of hydrogen-bond donors (Lipinski definition) is 1. The van der Waals surface area contributed by atoms with Gasteiger partial charge in [0, 0.05) is 4.88 Å². The third-order valence-electron chi connectivity index (χ3n) is 2.72. The van der Waals surface area contributed by atoms with E-state index in [1.165, 1.54) is 0 Å². The molecule has 2 aromatic rings. The molecular weight excluding hydrogens is 274 g/mol. The Bertz CT molecular complexity index is 567. The molecule has 0 bridgehead atoms. The van der Waals surface area contributed by atoms with Gasteiger partial charge in [0.25, 0.3) is 5.91 Å². The van der Waals surface area contributed by atoms with E-state index in [0.717, 1.165) is 10.4 Å². The highest BCUT2D eigenvalue weighted by molar-refractivity contribution is 7.09. The first-order chi connectivity index (χ1) is 9.69. The molecule has 0 fully saturated rings. The van der Waals surface area contributed by atoms with E-state index in [0.29, 0.717) is 18.0 Å². The number of nitrogens with one attached hydrogen (secondary N) is 1. The zero-order valence-corrected chi connectivity index (χ0v) is 12.3. The van der Waals surface area contributed by atoms with Gasteiger partial charge in [-0.2, -0.15) is 0 Å². The van der Waals surface area contributed by atoms with Crippen molar-refractivity contribution in [3.8, 4) is 11.5 Å². The first kappa shape index (κ1) is 14.4. The molecule has 1 N–H and O–H groups in total. The summed E-state index contributed by atoms with van der Waals surface area (Å²) in [7, 11) is 1.58. The van der Waals surface area contributed by atoms with Crippen LogP contribution < -0.4 is 14.8 Å². The number of hydrogen-bond acceptors (Lipinski definition) is 4. The molecule has 0 spiro atoms. The topological polar surface area (TPSA) is 47.6 Å². The van der Waals surface area contributed by atoms with Gasteiger partial charge in [-0.05, 0) is 36.1 Å². The minimum atomic E-state index is -0.152. The van der Waals surface area contributed by atoms with Gasteiger partial charge in [-0.1, -0.05) is 12.1 Å². The van der Waals surface area contributed by atoms with Crippen molar-refractivity contribution in [2.45, 2.75) is 13.5 Å². The van der Waals surface area contributed by atoms with Gasteiger partial charge in [-0.25, -0.2) is 0 Å². The van der Waals surface area contributed by atoms with Crippen molar-refractivity contribution in [1.82, 2.24) is 5.32 Å². The number of methoxy groups -OCH3 is 1. The molecule has 0 radical (unpaired) electrons. The molecule has 1 heterocycles. The van der Waals surface area contributed by atoms with Crippen molar-refractivity contribution in [2.24, 2.45) is 0 Å². The Morgan fingerprint density at radius 1 is 1.30 bits per heavy atom. The van der Waals surface area contributed by atoms with Crippen molar-refractivity contribution in [3.05, 3.63) is 46.2 Å². The number of carbonyl (C=O) groups excluding carboxylic acids is 1. The molecule has 1 amide bonds. The molecule has 0 atom stereocenters. The Balaban J connectivity index is 1.84. The summed E-state index contributed by atoms with van der Waals surface area (Å²) in [5, 5.41) is 4.79. The highest BCUT2D eigenvalue weighted by Crippen LogP contribution is 2.27. The molecule has 0 unspecified atom stereocenters. The lowest BCUT2D eigenvalue weighted by molar-refractivity contribution is -0.123. The van der Waals surface area contributed by atoms with E-state index in [9.17, 15) is 4.79 Å². The summed E-state index contributed by atoms with van der Waals surface area (Å²) in [5.41, 5.74) is 1.08. The lowest BCUT2D eigenvalue weighted by Crippen LogP contribution is -2.28. The molecule has 0 aliphatic heterocycles. The Labute approximate surface area is 122 Å². The van der Waals surface area contributed by atoms with E-state index in [2.05, 4.69) is 5.32 Å². The Hall–Kier alpha value is -2.01. The second-order valence-corrected chi connectivity index (χ2v) is 5.33. The average Bonchev–Trinajstić information content (AvgIpc) is 2.97. The Kier molecular flexibility index (Phi) is 5.01. The summed E-state index contributed by atoms with van der Waals surface area (Å²) in [4.78, 5) is 12.8. The largest absolute Gasteiger partial charge is 0.493 e. The van der Waals surface area contributed by atoms with Gasteiger partial charge in [0.2, 0.25) is 0 Å². The van der Waals surface area contributed by atoms with Gasteiger partial charge in [0.1, 0.15) is 0 Å². The van der Waals surface area contributed by atoms with Crippen LogP contribution in [0.2, 0.25) is 0 Å². The molecular formula is C15H17NO3S. The number of amides is 1. The van der Waals surface area contributed by atoms with Crippen LogP contribution in [0.25, 0.3) is 0 Å². The number of carbonyl (C=O) groups is 1. The third-order valence-corrected chi connectivity index (χ3v) is 3.59. The molecule has 0 saturated carbocycles. The fourth-order valence-corrected chi connectivity index (χ4v) is 2.33. The van der Waals surface area contributed by atoms with Gasteiger partial charge >= 0.3 is 0 Å². The Morgan fingerprint density at radius 2 is 2.15 bits per heavy atom. The van der Waals surface area contributed by atoms with Crippen LogP contribution in [0, 0.1) is 6.92 Å². The maximum Gasteiger partial charge on any atom is 0.258 e. The fraction of sp³-hybridized carbons (Fsp3) is 0.267. The van der Waals surface area contributed by atoms with Crippen LogP contribution in [-0.2, 0) is 11.3 Å². The minimum Gasteiger partial charge on any atom is -0.493 e. The van der Waals surface area contributed by atoms with Crippen molar-refractivity contribution in [3.63, 3.8) is 0 Å². The summed E-state index contributed by atoms with van der Waals surface area (Å²) >= 11 is 1.61. The molecule has 5 heteroatoms. The average molecular weight is 291 g/mol. The summed E-state index contributed by atoms with van der Waals surface area (Å²) in [6.45, 7) is 2.48. The normalized spacial score (nSPS) is 10.1. The molecule has 1 aromatic carbocycles. The second-order valence-electron chi connectivity index (χ2n) is 4.30. The first-order valence-corrected chi connectivity index (χ1v) is 7.13. The minimum absolute atomic E-state index is 0.0230. The molecule has 106 valence electrons. The maximum absolute atomic E-state index is 11.7. The van der Waals surface area contributed by atoms with E-state index in [1.54, 1.807) is 24.5 Å². The molecule has 2 rings (SSSR count). The van der Waals surface area contributed by atoms with Crippen molar-refractivity contribution < 1.29 is 14.3 Å². The summed E-state index contributed by atoms with van der Waals surface area (Å²) in [6.07, 6.45) is 0. The van der Waals surface area contributed by atoms with Crippen LogP contribution in [0.4, 0.5) is 0 Å². The number of benzene rings is 1. The van der Waals surface area contributed by atoms with Crippen LogP contribution in [0.5, 0.6) is 11.5 Å². The van der Waals surface area contributed by atoms with Crippen LogP contribution in [-0.4, -0.2) is 19.6 Å².